The Balaban J connectivity index is 1.68. The summed E-state index contributed by atoms with van der Waals surface area (Å²) in [5.41, 5.74) is 2.38. The Bertz CT molecular complexity index is 572. The molecule has 1 aromatic carbocycles. The van der Waals surface area contributed by atoms with E-state index in [0.29, 0.717) is 6.04 Å². The van der Waals surface area contributed by atoms with E-state index in [1.54, 1.807) is 0 Å². The molecule has 2 aromatic rings. The lowest BCUT2D eigenvalue weighted by Crippen LogP contribution is -2.36. The molecular formula is C17H25N3O. The van der Waals surface area contributed by atoms with Crippen molar-refractivity contribution < 1.29 is 4.74 Å². The summed E-state index contributed by atoms with van der Waals surface area (Å²) < 4.78 is 7.79. The van der Waals surface area contributed by atoms with Crippen LogP contribution in [0.5, 0.6) is 0 Å². The summed E-state index contributed by atoms with van der Waals surface area (Å²) in [6.45, 7) is 6.00. The number of ether oxygens (including phenoxy) is 1. The minimum Gasteiger partial charge on any atom is -0.381 e. The number of hydrogen-bond donors (Lipinski definition) is 1. The van der Waals surface area contributed by atoms with E-state index in [4.69, 9.17) is 9.72 Å². The average Bonchev–Trinajstić information content (AvgIpc) is 2.87. The van der Waals surface area contributed by atoms with E-state index < -0.39 is 0 Å². The lowest BCUT2D eigenvalue weighted by molar-refractivity contribution is 0.0779. The Hall–Kier alpha value is -1.39. The van der Waals surface area contributed by atoms with Gasteiger partial charge in [-0.25, -0.2) is 4.98 Å². The Kier molecular flexibility index (Phi) is 4.88. The fourth-order valence-electron chi connectivity index (χ4n) is 3.07. The van der Waals surface area contributed by atoms with E-state index in [9.17, 15) is 0 Å². The summed E-state index contributed by atoms with van der Waals surface area (Å²) in [7, 11) is 0. The largest absolute Gasteiger partial charge is 0.381 e. The molecule has 1 fully saturated rings. The predicted octanol–water partition coefficient (Wildman–Crippen LogP) is 2.76. The zero-order chi connectivity index (χ0) is 14.5. The summed E-state index contributed by atoms with van der Waals surface area (Å²) in [6.07, 6.45) is 4.45. The molecule has 1 N–H and O–H groups in total. The van der Waals surface area contributed by atoms with E-state index >= 15 is 0 Å². The second kappa shape index (κ2) is 7.05. The molecule has 21 heavy (non-hydrogen) atoms. The van der Waals surface area contributed by atoms with Crippen molar-refractivity contribution in [2.24, 2.45) is 0 Å². The van der Waals surface area contributed by atoms with Crippen LogP contribution in [0.15, 0.2) is 24.3 Å². The van der Waals surface area contributed by atoms with Crippen LogP contribution in [0.1, 0.15) is 32.0 Å². The lowest BCUT2D eigenvalue weighted by Gasteiger charge is -2.23. The highest BCUT2D eigenvalue weighted by molar-refractivity contribution is 5.75. The molecule has 0 unspecified atom stereocenters. The van der Waals surface area contributed by atoms with Crippen LogP contribution in [0.3, 0.4) is 0 Å². The zero-order valence-corrected chi connectivity index (χ0v) is 12.8. The van der Waals surface area contributed by atoms with Crippen molar-refractivity contribution in [3.63, 3.8) is 0 Å². The highest BCUT2D eigenvalue weighted by Gasteiger charge is 2.14. The SMILES string of the molecule is CCCc1nc2ccccc2n1CCNC1CCOCC1. The molecule has 1 aliphatic rings. The average molecular weight is 287 g/mol. The van der Waals surface area contributed by atoms with Crippen LogP contribution in [0.25, 0.3) is 11.0 Å². The summed E-state index contributed by atoms with van der Waals surface area (Å²) in [5, 5.41) is 3.67. The van der Waals surface area contributed by atoms with Crippen LogP contribution < -0.4 is 5.32 Å². The standard InChI is InChI=1S/C17H25N3O/c1-2-5-17-19-15-6-3-4-7-16(15)20(17)11-10-18-14-8-12-21-13-9-14/h3-4,6-7,14,18H,2,5,8-13H2,1H3. The van der Waals surface area contributed by atoms with Gasteiger partial charge in [0.2, 0.25) is 0 Å². The first-order valence-corrected chi connectivity index (χ1v) is 8.13. The molecular weight excluding hydrogens is 262 g/mol. The second-order valence-corrected chi connectivity index (χ2v) is 5.76. The first kappa shape index (κ1) is 14.5. The Morgan fingerprint density at radius 3 is 2.90 bits per heavy atom. The topological polar surface area (TPSA) is 39.1 Å². The van der Waals surface area contributed by atoms with Crippen molar-refractivity contribution in [1.82, 2.24) is 14.9 Å². The highest BCUT2D eigenvalue weighted by Crippen LogP contribution is 2.17. The first-order valence-electron chi connectivity index (χ1n) is 8.13. The third kappa shape index (κ3) is 3.44. The number of fused-ring (bicyclic) bond motifs is 1. The molecule has 1 saturated heterocycles. The molecule has 4 heteroatoms. The van der Waals surface area contributed by atoms with Crippen LogP contribution in [0, 0.1) is 0 Å². The second-order valence-electron chi connectivity index (χ2n) is 5.76. The number of aryl methyl sites for hydroxylation is 1. The number of rotatable bonds is 6. The minimum absolute atomic E-state index is 0.614. The van der Waals surface area contributed by atoms with Gasteiger partial charge in [0.05, 0.1) is 11.0 Å². The number of para-hydroxylation sites is 2. The molecule has 1 aliphatic heterocycles. The van der Waals surface area contributed by atoms with Gasteiger partial charge in [-0.3, -0.25) is 0 Å². The predicted molar refractivity (Wildman–Crippen MR) is 85.6 cm³/mol. The number of hydrogen-bond acceptors (Lipinski definition) is 3. The number of nitrogens with one attached hydrogen (secondary N) is 1. The van der Waals surface area contributed by atoms with Crippen molar-refractivity contribution in [2.45, 2.75) is 45.2 Å². The number of imidazole rings is 1. The van der Waals surface area contributed by atoms with Crippen LogP contribution >= 0.6 is 0 Å². The van der Waals surface area contributed by atoms with Gasteiger partial charge in [-0.2, -0.15) is 0 Å². The maximum atomic E-state index is 5.41. The Labute approximate surface area is 126 Å². The van der Waals surface area contributed by atoms with E-state index in [1.165, 1.54) is 11.3 Å². The summed E-state index contributed by atoms with van der Waals surface area (Å²) in [6, 6.07) is 9.06. The van der Waals surface area contributed by atoms with Gasteiger partial charge < -0.3 is 14.6 Å². The van der Waals surface area contributed by atoms with Crippen molar-refractivity contribution in [1.29, 1.82) is 0 Å². The van der Waals surface area contributed by atoms with E-state index in [1.807, 2.05) is 0 Å². The number of aromatic nitrogens is 2. The van der Waals surface area contributed by atoms with Gasteiger partial charge in [0.15, 0.2) is 0 Å². The molecule has 1 aromatic heterocycles. The molecule has 2 heterocycles. The Morgan fingerprint density at radius 2 is 2.10 bits per heavy atom. The fraction of sp³-hybridized carbons (Fsp3) is 0.588. The molecule has 114 valence electrons. The molecule has 0 radical (unpaired) electrons. The molecule has 4 nitrogen and oxygen atoms in total. The molecule has 0 aliphatic carbocycles. The van der Waals surface area contributed by atoms with Crippen molar-refractivity contribution >= 4 is 11.0 Å². The minimum atomic E-state index is 0.614. The number of benzene rings is 1. The number of nitrogens with zero attached hydrogens (tertiary/aromatic N) is 2. The quantitative estimate of drug-likeness (QED) is 0.888. The molecule has 0 saturated carbocycles. The normalized spacial score (nSPS) is 16.6. The van der Waals surface area contributed by atoms with Gasteiger partial charge in [-0.15, -0.1) is 0 Å². The maximum Gasteiger partial charge on any atom is 0.109 e. The third-order valence-electron chi connectivity index (χ3n) is 4.20. The lowest BCUT2D eigenvalue weighted by atomic mass is 10.1. The molecule has 0 atom stereocenters. The van der Waals surface area contributed by atoms with Gasteiger partial charge in [-0.05, 0) is 31.4 Å². The monoisotopic (exact) mass is 287 g/mol. The van der Waals surface area contributed by atoms with Crippen molar-refractivity contribution in [3.05, 3.63) is 30.1 Å². The zero-order valence-electron chi connectivity index (χ0n) is 12.8. The molecule has 0 amide bonds. The van der Waals surface area contributed by atoms with Crippen molar-refractivity contribution in [2.75, 3.05) is 19.8 Å². The Morgan fingerprint density at radius 1 is 1.29 bits per heavy atom. The summed E-state index contributed by atoms with van der Waals surface area (Å²) in [4.78, 5) is 4.78. The van der Waals surface area contributed by atoms with Gasteiger partial charge >= 0.3 is 0 Å². The van der Waals surface area contributed by atoms with Gasteiger partial charge in [0.1, 0.15) is 5.82 Å². The first-order chi connectivity index (χ1) is 10.4. The van der Waals surface area contributed by atoms with Crippen molar-refractivity contribution in [3.8, 4) is 0 Å². The highest BCUT2D eigenvalue weighted by atomic mass is 16.5. The summed E-state index contributed by atoms with van der Waals surface area (Å²) >= 11 is 0. The van der Waals surface area contributed by atoms with Gasteiger partial charge in [0.25, 0.3) is 0 Å². The smallest absolute Gasteiger partial charge is 0.109 e. The molecule has 0 spiro atoms. The van der Waals surface area contributed by atoms with Crippen LogP contribution in [0.4, 0.5) is 0 Å². The van der Waals surface area contributed by atoms with Crippen LogP contribution in [-0.2, 0) is 17.7 Å². The van der Waals surface area contributed by atoms with E-state index in [2.05, 4.69) is 41.1 Å². The fourth-order valence-corrected chi connectivity index (χ4v) is 3.07. The van der Waals surface area contributed by atoms with E-state index in [0.717, 1.165) is 57.5 Å². The van der Waals surface area contributed by atoms with E-state index in [-0.39, 0.29) is 0 Å². The third-order valence-corrected chi connectivity index (χ3v) is 4.20. The molecule has 0 bridgehead atoms. The van der Waals surface area contributed by atoms with Gasteiger partial charge in [-0.1, -0.05) is 19.1 Å². The summed E-state index contributed by atoms with van der Waals surface area (Å²) in [5.74, 6) is 1.22. The van der Waals surface area contributed by atoms with Gasteiger partial charge in [0, 0.05) is 38.8 Å². The van der Waals surface area contributed by atoms with Crippen LogP contribution in [-0.4, -0.2) is 35.4 Å². The molecule has 3 rings (SSSR count). The maximum absolute atomic E-state index is 5.41. The van der Waals surface area contributed by atoms with Crippen LogP contribution in [0.2, 0.25) is 0 Å².